The number of hydrogen-bond donors (Lipinski definition) is 1. The number of rotatable bonds is 3. The standard InChI is InChI=1S/C11H18N2O2/c1-8(2)10-12-9(15-13-10)7-11(14)5-3-4-6-11/h8,14H,3-7H2,1-2H3. The topological polar surface area (TPSA) is 59.2 Å². The van der Waals surface area contributed by atoms with Crippen molar-refractivity contribution in [3.05, 3.63) is 11.7 Å². The first kappa shape index (κ1) is 10.6. The molecule has 1 heterocycles. The molecule has 1 aliphatic rings. The van der Waals surface area contributed by atoms with E-state index in [4.69, 9.17) is 4.52 Å². The van der Waals surface area contributed by atoms with E-state index in [1.54, 1.807) is 0 Å². The van der Waals surface area contributed by atoms with Crippen molar-refractivity contribution in [1.82, 2.24) is 10.1 Å². The summed E-state index contributed by atoms with van der Waals surface area (Å²) in [5, 5.41) is 14.1. The minimum Gasteiger partial charge on any atom is -0.389 e. The van der Waals surface area contributed by atoms with E-state index in [2.05, 4.69) is 10.1 Å². The van der Waals surface area contributed by atoms with Gasteiger partial charge in [0, 0.05) is 5.92 Å². The Morgan fingerprint density at radius 2 is 2.07 bits per heavy atom. The molecule has 1 saturated carbocycles. The largest absolute Gasteiger partial charge is 0.389 e. The van der Waals surface area contributed by atoms with Crippen LogP contribution >= 0.6 is 0 Å². The predicted octanol–water partition coefficient (Wildman–Crippen LogP) is 2.04. The van der Waals surface area contributed by atoms with E-state index >= 15 is 0 Å². The fourth-order valence-electron chi connectivity index (χ4n) is 2.07. The quantitative estimate of drug-likeness (QED) is 0.829. The van der Waals surface area contributed by atoms with Gasteiger partial charge in [-0.3, -0.25) is 0 Å². The van der Waals surface area contributed by atoms with Crippen LogP contribution in [0.2, 0.25) is 0 Å². The van der Waals surface area contributed by atoms with E-state index in [1.807, 2.05) is 13.8 Å². The summed E-state index contributed by atoms with van der Waals surface area (Å²) in [7, 11) is 0. The van der Waals surface area contributed by atoms with Crippen molar-refractivity contribution in [3.8, 4) is 0 Å². The molecule has 0 unspecified atom stereocenters. The van der Waals surface area contributed by atoms with Gasteiger partial charge in [-0.1, -0.05) is 31.8 Å². The first-order valence-corrected chi connectivity index (χ1v) is 5.64. The van der Waals surface area contributed by atoms with Crippen LogP contribution in [0.4, 0.5) is 0 Å². The van der Waals surface area contributed by atoms with Gasteiger partial charge in [0.1, 0.15) is 0 Å². The van der Waals surface area contributed by atoms with E-state index < -0.39 is 5.60 Å². The zero-order valence-electron chi connectivity index (χ0n) is 9.36. The highest BCUT2D eigenvalue weighted by Gasteiger charge is 2.33. The summed E-state index contributed by atoms with van der Waals surface area (Å²) in [5.41, 5.74) is -0.596. The average Bonchev–Trinajstić information content (AvgIpc) is 2.75. The highest BCUT2D eigenvalue weighted by atomic mass is 16.5. The van der Waals surface area contributed by atoms with Crippen molar-refractivity contribution in [3.63, 3.8) is 0 Å². The lowest BCUT2D eigenvalue weighted by Gasteiger charge is -2.18. The maximum atomic E-state index is 10.2. The minimum absolute atomic E-state index is 0.278. The number of aromatic nitrogens is 2. The number of hydrogen-bond acceptors (Lipinski definition) is 4. The van der Waals surface area contributed by atoms with Crippen molar-refractivity contribution in [2.45, 2.75) is 57.5 Å². The molecule has 0 aromatic carbocycles. The van der Waals surface area contributed by atoms with Gasteiger partial charge in [0.15, 0.2) is 5.82 Å². The van der Waals surface area contributed by atoms with Crippen LogP contribution in [-0.2, 0) is 6.42 Å². The maximum Gasteiger partial charge on any atom is 0.229 e. The normalized spacial score (nSPS) is 20.0. The molecule has 0 aliphatic heterocycles. The second kappa shape index (κ2) is 3.93. The van der Waals surface area contributed by atoms with Crippen LogP contribution in [0.15, 0.2) is 4.52 Å². The van der Waals surface area contributed by atoms with Gasteiger partial charge in [-0.2, -0.15) is 4.98 Å². The van der Waals surface area contributed by atoms with Crippen LogP contribution in [0.3, 0.4) is 0 Å². The van der Waals surface area contributed by atoms with Crippen LogP contribution in [0.5, 0.6) is 0 Å². The van der Waals surface area contributed by atoms with Gasteiger partial charge in [-0.15, -0.1) is 0 Å². The van der Waals surface area contributed by atoms with E-state index in [0.29, 0.717) is 12.3 Å². The summed E-state index contributed by atoms with van der Waals surface area (Å²) in [6.07, 6.45) is 4.41. The van der Waals surface area contributed by atoms with Gasteiger partial charge in [0.05, 0.1) is 12.0 Å². The van der Waals surface area contributed by atoms with Crippen LogP contribution in [-0.4, -0.2) is 20.8 Å². The predicted molar refractivity (Wildman–Crippen MR) is 55.5 cm³/mol. The average molecular weight is 210 g/mol. The third-order valence-corrected chi connectivity index (χ3v) is 3.01. The zero-order chi connectivity index (χ0) is 10.9. The van der Waals surface area contributed by atoms with E-state index in [9.17, 15) is 5.11 Å². The second-order valence-electron chi connectivity index (χ2n) is 4.81. The molecule has 84 valence electrons. The van der Waals surface area contributed by atoms with Gasteiger partial charge in [-0.05, 0) is 12.8 Å². The lowest BCUT2D eigenvalue weighted by Crippen LogP contribution is -2.27. The summed E-state index contributed by atoms with van der Waals surface area (Å²) in [5.74, 6) is 1.58. The van der Waals surface area contributed by atoms with Gasteiger partial charge >= 0.3 is 0 Å². The van der Waals surface area contributed by atoms with Gasteiger partial charge in [0.2, 0.25) is 5.89 Å². The maximum absolute atomic E-state index is 10.2. The molecule has 0 saturated heterocycles. The second-order valence-corrected chi connectivity index (χ2v) is 4.81. The zero-order valence-corrected chi connectivity index (χ0v) is 9.36. The third kappa shape index (κ3) is 2.37. The van der Waals surface area contributed by atoms with Crippen LogP contribution in [0.1, 0.15) is 57.2 Å². The summed E-state index contributed by atoms with van der Waals surface area (Å²) in [6, 6.07) is 0. The lowest BCUT2D eigenvalue weighted by atomic mass is 9.98. The molecule has 0 spiro atoms. The number of aliphatic hydroxyl groups is 1. The Kier molecular flexibility index (Phi) is 2.78. The molecule has 4 heteroatoms. The molecule has 2 rings (SSSR count). The summed E-state index contributed by atoms with van der Waals surface area (Å²) in [6.45, 7) is 4.05. The molecule has 1 aromatic heterocycles. The van der Waals surface area contributed by atoms with E-state index in [1.165, 1.54) is 0 Å². The SMILES string of the molecule is CC(C)c1noc(CC2(O)CCCC2)n1. The van der Waals surface area contributed by atoms with Crippen molar-refractivity contribution in [2.24, 2.45) is 0 Å². The van der Waals surface area contributed by atoms with Crippen LogP contribution < -0.4 is 0 Å². The van der Waals surface area contributed by atoms with Crippen molar-refractivity contribution in [2.75, 3.05) is 0 Å². The Morgan fingerprint density at radius 1 is 1.40 bits per heavy atom. The van der Waals surface area contributed by atoms with E-state index in [-0.39, 0.29) is 5.92 Å². The Balaban J connectivity index is 2.04. The first-order chi connectivity index (χ1) is 7.09. The molecule has 1 fully saturated rings. The van der Waals surface area contributed by atoms with Crippen molar-refractivity contribution >= 4 is 0 Å². The number of nitrogens with zero attached hydrogens (tertiary/aromatic N) is 2. The van der Waals surface area contributed by atoms with E-state index in [0.717, 1.165) is 31.5 Å². The highest BCUT2D eigenvalue weighted by molar-refractivity contribution is 4.97. The molecule has 0 atom stereocenters. The summed E-state index contributed by atoms with van der Waals surface area (Å²) in [4.78, 5) is 4.28. The molecular formula is C11H18N2O2. The molecule has 1 aromatic rings. The molecule has 0 bridgehead atoms. The van der Waals surface area contributed by atoms with Crippen LogP contribution in [0, 0.1) is 0 Å². The first-order valence-electron chi connectivity index (χ1n) is 5.64. The Labute approximate surface area is 89.7 Å². The molecule has 15 heavy (non-hydrogen) atoms. The van der Waals surface area contributed by atoms with Crippen LogP contribution in [0.25, 0.3) is 0 Å². The van der Waals surface area contributed by atoms with Gasteiger partial charge in [-0.25, -0.2) is 0 Å². The fourth-order valence-corrected chi connectivity index (χ4v) is 2.07. The minimum atomic E-state index is -0.596. The Hall–Kier alpha value is -0.900. The monoisotopic (exact) mass is 210 g/mol. The smallest absolute Gasteiger partial charge is 0.229 e. The molecule has 0 radical (unpaired) electrons. The van der Waals surface area contributed by atoms with Crippen molar-refractivity contribution in [1.29, 1.82) is 0 Å². The molecule has 4 nitrogen and oxygen atoms in total. The molecule has 1 aliphatic carbocycles. The summed E-state index contributed by atoms with van der Waals surface area (Å²) >= 11 is 0. The van der Waals surface area contributed by atoms with Crippen molar-refractivity contribution < 1.29 is 9.63 Å². The Morgan fingerprint density at radius 3 is 2.60 bits per heavy atom. The third-order valence-electron chi connectivity index (χ3n) is 3.01. The van der Waals surface area contributed by atoms with Gasteiger partial charge in [0.25, 0.3) is 0 Å². The molecule has 1 N–H and O–H groups in total. The molecular weight excluding hydrogens is 192 g/mol. The Bertz CT molecular complexity index is 327. The fraction of sp³-hybridized carbons (Fsp3) is 0.818. The lowest BCUT2D eigenvalue weighted by molar-refractivity contribution is 0.0402. The highest BCUT2D eigenvalue weighted by Crippen LogP contribution is 2.32. The van der Waals surface area contributed by atoms with Gasteiger partial charge < -0.3 is 9.63 Å². The molecule has 0 amide bonds. The summed E-state index contributed by atoms with van der Waals surface area (Å²) < 4.78 is 5.13.